The second kappa shape index (κ2) is 5.06. The number of nitrogen functional groups attached to an aromatic ring is 1. The summed E-state index contributed by atoms with van der Waals surface area (Å²) in [7, 11) is 2.15. The van der Waals surface area contributed by atoms with E-state index in [1.165, 1.54) is 6.33 Å². The van der Waals surface area contributed by atoms with Crippen LogP contribution < -0.4 is 10.6 Å². The molecule has 94 valence electrons. The Morgan fingerprint density at radius 3 is 2.94 bits per heavy atom. The van der Waals surface area contributed by atoms with Crippen LogP contribution in [0.15, 0.2) is 6.33 Å². The summed E-state index contributed by atoms with van der Waals surface area (Å²) in [5.74, 6) is 1.11. The molecular weight excluding hydrogens is 238 g/mol. The van der Waals surface area contributed by atoms with Gasteiger partial charge in [-0.2, -0.15) is 0 Å². The number of hydrogen-bond acceptors (Lipinski definition) is 5. The summed E-state index contributed by atoms with van der Waals surface area (Å²) in [6.45, 7) is 5.06. The van der Waals surface area contributed by atoms with Gasteiger partial charge < -0.3 is 10.6 Å². The second-order valence-corrected chi connectivity index (χ2v) is 4.76. The Labute approximate surface area is 107 Å². The molecule has 1 atom stereocenters. The van der Waals surface area contributed by atoms with Crippen LogP contribution in [-0.2, 0) is 0 Å². The zero-order valence-corrected chi connectivity index (χ0v) is 11.0. The third kappa shape index (κ3) is 2.45. The van der Waals surface area contributed by atoms with Crippen molar-refractivity contribution in [2.45, 2.75) is 19.4 Å². The maximum Gasteiger partial charge on any atom is 0.153 e. The van der Waals surface area contributed by atoms with E-state index in [1.54, 1.807) is 0 Å². The molecule has 5 nitrogen and oxygen atoms in total. The maximum absolute atomic E-state index is 6.15. The molecule has 1 fully saturated rings. The molecule has 0 radical (unpaired) electrons. The van der Waals surface area contributed by atoms with E-state index >= 15 is 0 Å². The van der Waals surface area contributed by atoms with Gasteiger partial charge in [-0.25, -0.2) is 9.97 Å². The smallest absolute Gasteiger partial charge is 0.153 e. The minimum atomic E-state index is 0.351. The molecule has 1 unspecified atom stereocenters. The van der Waals surface area contributed by atoms with Crippen molar-refractivity contribution >= 4 is 23.2 Å². The fourth-order valence-corrected chi connectivity index (χ4v) is 2.39. The minimum Gasteiger partial charge on any atom is -0.382 e. The number of rotatable bonds is 2. The van der Waals surface area contributed by atoms with Crippen molar-refractivity contribution < 1.29 is 0 Å². The molecule has 0 aliphatic carbocycles. The van der Waals surface area contributed by atoms with Crippen LogP contribution in [0.4, 0.5) is 11.6 Å². The van der Waals surface area contributed by atoms with Gasteiger partial charge in [0.2, 0.25) is 0 Å². The molecule has 0 spiro atoms. The number of likely N-dealkylation sites (N-methyl/N-ethyl adjacent to an activating group) is 1. The Morgan fingerprint density at radius 1 is 1.47 bits per heavy atom. The molecule has 1 aromatic heterocycles. The van der Waals surface area contributed by atoms with Gasteiger partial charge >= 0.3 is 0 Å². The van der Waals surface area contributed by atoms with Crippen LogP contribution in [0, 0.1) is 0 Å². The average molecular weight is 256 g/mol. The van der Waals surface area contributed by atoms with Crippen molar-refractivity contribution in [2.24, 2.45) is 0 Å². The highest BCUT2D eigenvalue weighted by Crippen LogP contribution is 2.28. The van der Waals surface area contributed by atoms with E-state index in [-0.39, 0.29) is 0 Å². The van der Waals surface area contributed by atoms with Crippen molar-refractivity contribution in [1.82, 2.24) is 14.9 Å². The highest BCUT2D eigenvalue weighted by Gasteiger charge is 2.25. The molecule has 2 heterocycles. The molecule has 1 aliphatic heterocycles. The number of halogens is 1. The normalized spacial score (nSPS) is 21.8. The fourth-order valence-electron chi connectivity index (χ4n) is 2.17. The first-order chi connectivity index (χ1) is 8.13. The third-order valence-corrected chi connectivity index (χ3v) is 3.71. The number of hydrogen-bond donors (Lipinski definition) is 1. The highest BCUT2D eigenvalue weighted by molar-refractivity contribution is 6.35. The second-order valence-electron chi connectivity index (χ2n) is 4.39. The number of piperazine rings is 1. The summed E-state index contributed by atoms with van der Waals surface area (Å²) in [5.41, 5.74) is 5.70. The van der Waals surface area contributed by atoms with Crippen molar-refractivity contribution in [3.8, 4) is 0 Å². The van der Waals surface area contributed by atoms with E-state index in [0.29, 0.717) is 16.9 Å². The fraction of sp³-hybridized carbons (Fsp3) is 0.636. The van der Waals surface area contributed by atoms with Crippen LogP contribution in [-0.4, -0.2) is 47.6 Å². The predicted molar refractivity (Wildman–Crippen MR) is 70.4 cm³/mol. The summed E-state index contributed by atoms with van der Waals surface area (Å²) in [6.07, 6.45) is 2.58. The van der Waals surface area contributed by atoms with Gasteiger partial charge in [-0.1, -0.05) is 18.5 Å². The molecule has 2 N–H and O–H groups in total. The first-order valence-corrected chi connectivity index (χ1v) is 6.22. The molecule has 0 aromatic carbocycles. The lowest BCUT2D eigenvalue weighted by molar-refractivity contribution is 0.213. The first kappa shape index (κ1) is 12.4. The van der Waals surface area contributed by atoms with Crippen molar-refractivity contribution in [1.29, 1.82) is 0 Å². The van der Waals surface area contributed by atoms with Crippen LogP contribution in [0.2, 0.25) is 5.02 Å². The molecule has 1 aliphatic rings. The SMILES string of the molecule is CCC1CN(c2ncnc(N)c2Cl)CCN1C. The molecule has 17 heavy (non-hydrogen) atoms. The van der Waals surface area contributed by atoms with Crippen LogP contribution in [0.25, 0.3) is 0 Å². The van der Waals surface area contributed by atoms with Crippen LogP contribution >= 0.6 is 11.6 Å². The largest absolute Gasteiger partial charge is 0.382 e. The van der Waals surface area contributed by atoms with Crippen LogP contribution in [0.3, 0.4) is 0 Å². The van der Waals surface area contributed by atoms with Gasteiger partial charge in [0.05, 0.1) is 0 Å². The summed E-state index contributed by atoms with van der Waals surface area (Å²) in [4.78, 5) is 12.7. The summed E-state index contributed by atoms with van der Waals surface area (Å²) in [6, 6.07) is 0.538. The van der Waals surface area contributed by atoms with E-state index in [4.69, 9.17) is 17.3 Å². The van der Waals surface area contributed by atoms with Gasteiger partial charge in [-0.15, -0.1) is 0 Å². The Morgan fingerprint density at radius 2 is 2.24 bits per heavy atom. The van der Waals surface area contributed by atoms with Gasteiger partial charge in [-0.05, 0) is 13.5 Å². The zero-order valence-electron chi connectivity index (χ0n) is 10.2. The number of anilines is 2. The van der Waals surface area contributed by atoms with Crippen molar-refractivity contribution in [3.63, 3.8) is 0 Å². The lowest BCUT2D eigenvalue weighted by Crippen LogP contribution is -2.51. The highest BCUT2D eigenvalue weighted by atomic mass is 35.5. The lowest BCUT2D eigenvalue weighted by Gasteiger charge is -2.39. The summed E-state index contributed by atoms with van der Waals surface area (Å²) >= 11 is 6.15. The van der Waals surface area contributed by atoms with E-state index < -0.39 is 0 Å². The van der Waals surface area contributed by atoms with Gasteiger partial charge in [0, 0.05) is 25.7 Å². The van der Waals surface area contributed by atoms with E-state index in [1.807, 2.05) is 0 Å². The molecule has 2 rings (SSSR count). The van der Waals surface area contributed by atoms with Crippen LogP contribution in [0.5, 0.6) is 0 Å². The molecule has 1 aromatic rings. The zero-order chi connectivity index (χ0) is 12.4. The molecule has 6 heteroatoms. The number of nitrogens with two attached hydrogens (primary N) is 1. The third-order valence-electron chi connectivity index (χ3n) is 3.35. The number of aromatic nitrogens is 2. The molecule has 1 saturated heterocycles. The Balaban J connectivity index is 2.20. The molecule has 0 saturated carbocycles. The van der Waals surface area contributed by atoms with Gasteiger partial charge in [-0.3, -0.25) is 4.90 Å². The minimum absolute atomic E-state index is 0.351. The predicted octanol–water partition coefficient (Wildman–Crippen LogP) is 1.24. The first-order valence-electron chi connectivity index (χ1n) is 5.84. The number of nitrogens with zero attached hydrogens (tertiary/aromatic N) is 4. The monoisotopic (exact) mass is 255 g/mol. The topological polar surface area (TPSA) is 58.3 Å². The van der Waals surface area contributed by atoms with Crippen molar-refractivity contribution in [2.75, 3.05) is 37.3 Å². The Hall–Kier alpha value is -1.07. The van der Waals surface area contributed by atoms with Crippen LogP contribution in [0.1, 0.15) is 13.3 Å². The lowest BCUT2D eigenvalue weighted by atomic mass is 10.1. The molecular formula is C11H18ClN5. The quantitative estimate of drug-likeness (QED) is 0.862. The Bertz CT molecular complexity index is 397. The van der Waals surface area contributed by atoms with Gasteiger partial charge in [0.15, 0.2) is 5.82 Å². The summed E-state index contributed by atoms with van der Waals surface area (Å²) < 4.78 is 0. The standard InChI is InChI=1S/C11H18ClN5/c1-3-8-6-17(5-4-16(8)2)11-9(12)10(13)14-7-15-11/h7-8H,3-6H2,1-2H3,(H2,13,14,15). The average Bonchev–Trinajstić information content (AvgIpc) is 2.34. The molecule has 0 bridgehead atoms. The van der Waals surface area contributed by atoms with E-state index in [0.717, 1.165) is 31.9 Å². The Kier molecular flexibility index (Phi) is 3.69. The van der Waals surface area contributed by atoms with Gasteiger partial charge in [0.25, 0.3) is 0 Å². The van der Waals surface area contributed by atoms with E-state index in [9.17, 15) is 0 Å². The molecule has 0 amide bonds. The maximum atomic E-state index is 6.15. The van der Waals surface area contributed by atoms with Crippen molar-refractivity contribution in [3.05, 3.63) is 11.3 Å². The van der Waals surface area contributed by atoms with Gasteiger partial charge in [0.1, 0.15) is 17.2 Å². The van der Waals surface area contributed by atoms with E-state index in [2.05, 4.69) is 33.7 Å². The summed E-state index contributed by atoms with van der Waals surface area (Å²) in [5, 5.41) is 0.465.